The predicted octanol–water partition coefficient (Wildman–Crippen LogP) is 3.22. The second-order valence-corrected chi connectivity index (χ2v) is 5.81. The van der Waals surface area contributed by atoms with Crippen molar-refractivity contribution in [1.29, 1.82) is 0 Å². The second kappa shape index (κ2) is 8.51. The van der Waals surface area contributed by atoms with E-state index in [2.05, 4.69) is 15.9 Å². The number of alkyl halides is 1. The molecule has 4 nitrogen and oxygen atoms in total. The Morgan fingerprint density at radius 3 is 2.28 bits per heavy atom. The molecule has 0 saturated heterocycles. The summed E-state index contributed by atoms with van der Waals surface area (Å²) >= 11 is 3.24. The summed E-state index contributed by atoms with van der Waals surface area (Å²) in [5.74, 6) is -0.611. The quantitative estimate of drug-likeness (QED) is 0.533. The molecular weight excluding hydrogens is 300 g/mol. The van der Waals surface area contributed by atoms with E-state index in [4.69, 9.17) is 9.47 Å². The van der Waals surface area contributed by atoms with Gasteiger partial charge in [-0.25, -0.2) is 0 Å². The van der Waals surface area contributed by atoms with Gasteiger partial charge in [-0.15, -0.1) is 0 Å². The lowest BCUT2D eigenvalue weighted by Gasteiger charge is -2.21. The Hall–Kier alpha value is -0.580. The fraction of sp³-hybridized carbons (Fsp3) is 0.846. The van der Waals surface area contributed by atoms with Gasteiger partial charge in [-0.2, -0.15) is 0 Å². The predicted molar refractivity (Wildman–Crippen MR) is 73.7 cm³/mol. The summed E-state index contributed by atoms with van der Waals surface area (Å²) in [4.78, 5) is 23.0. The van der Waals surface area contributed by atoms with Gasteiger partial charge in [-0.3, -0.25) is 9.59 Å². The Kier molecular flexibility index (Phi) is 8.24. The number of unbranched alkanes of at least 4 members (excludes halogenated alkanes) is 1. The molecule has 0 aromatic rings. The smallest absolute Gasteiger partial charge is 0.310 e. The zero-order chi connectivity index (χ0) is 14.2. The third-order valence-corrected chi connectivity index (χ3v) is 2.74. The van der Waals surface area contributed by atoms with Gasteiger partial charge in [0.2, 0.25) is 0 Å². The maximum Gasteiger partial charge on any atom is 0.310 e. The van der Waals surface area contributed by atoms with Crippen LogP contribution in [-0.4, -0.2) is 29.0 Å². The molecule has 0 aromatic carbocycles. The van der Waals surface area contributed by atoms with Crippen molar-refractivity contribution in [3.8, 4) is 0 Å². The van der Waals surface area contributed by atoms with Gasteiger partial charge in [-0.05, 0) is 27.2 Å². The Morgan fingerprint density at radius 2 is 1.83 bits per heavy atom. The van der Waals surface area contributed by atoms with Gasteiger partial charge < -0.3 is 9.47 Å². The van der Waals surface area contributed by atoms with Gasteiger partial charge >= 0.3 is 11.9 Å². The van der Waals surface area contributed by atoms with Crippen molar-refractivity contribution in [2.75, 3.05) is 5.33 Å². The number of hydrogen-bond donors (Lipinski definition) is 0. The third kappa shape index (κ3) is 9.45. The average molecular weight is 323 g/mol. The van der Waals surface area contributed by atoms with Crippen molar-refractivity contribution in [1.82, 2.24) is 0 Å². The summed E-state index contributed by atoms with van der Waals surface area (Å²) in [5.41, 5.74) is -0.514. The molecule has 0 rings (SSSR count). The molecule has 0 saturated carbocycles. The first kappa shape index (κ1) is 17.4. The summed E-state index contributed by atoms with van der Waals surface area (Å²) in [6, 6.07) is 0. The molecule has 18 heavy (non-hydrogen) atoms. The molecule has 0 fully saturated rings. The zero-order valence-electron chi connectivity index (χ0n) is 11.6. The number of ether oxygens (including phenoxy) is 2. The molecule has 0 heterocycles. The molecule has 106 valence electrons. The zero-order valence-corrected chi connectivity index (χ0v) is 13.2. The van der Waals surface area contributed by atoms with Crippen LogP contribution in [0, 0.1) is 0 Å². The Labute approximate surface area is 118 Å². The van der Waals surface area contributed by atoms with Crippen LogP contribution in [0.4, 0.5) is 0 Å². The first-order valence-electron chi connectivity index (χ1n) is 6.25. The SMILES string of the molecule is CCCCC(=O)OC(CBr)CC(=O)OC(C)(C)C. The highest BCUT2D eigenvalue weighted by molar-refractivity contribution is 9.09. The highest BCUT2D eigenvalue weighted by atomic mass is 79.9. The van der Waals surface area contributed by atoms with Gasteiger partial charge in [0.05, 0.1) is 6.42 Å². The van der Waals surface area contributed by atoms with Crippen LogP contribution in [0.1, 0.15) is 53.4 Å². The van der Waals surface area contributed by atoms with E-state index in [1.807, 2.05) is 6.92 Å². The van der Waals surface area contributed by atoms with E-state index < -0.39 is 11.7 Å². The molecule has 0 N–H and O–H groups in total. The molecule has 0 aliphatic carbocycles. The van der Waals surface area contributed by atoms with E-state index in [-0.39, 0.29) is 18.4 Å². The summed E-state index contributed by atoms with van der Waals surface area (Å²) in [7, 11) is 0. The monoisotopic (exact) mass is 322 g/mol. The molecule has 0 aliphatic heterocycles. The van der Waals surface area contributed by atoms with Crippen LogP contribution < -0.4 is 0 Å². The van der Waals surface area contributed by atoms with Crippen molar-refractivity contribution in [2.24, 2.45) is 0 Å². The molecule has 0 aromatic heterocycles. The van der Waals surface area contributed by atoms with E-state index >= 15 is 0 Å². The van der Waals surface area contributed by atoms with Gasteiger partial charge in [0.1, 0.15) is 11.7 Å². The van der Waals surface area contributed by atoms with E-state index in [9.17, 15) is 9.59 Å². The Bertz CT molecular complexity index is 271. The number of rotatable bonds is 7. The minimum Gasteiger partial charge on any atom is -0.461 e. The van der Waals surface area contributed by atoms with Crippen molar-refractivity contribution in [2.45, 2.75) is 65.1 Å². The molecule has 0 radical (unpaired) electrons. The van der Waals surface area contributed by atoms with E-state index in [1.165, 1.54) is 0 Å². The minimum atomic E-state index is -0.514. The molecule has 0 bridgehead atoms. The van der Waals surface area contributed by atoms with Gasteiger partial charge in [0.25, 0.3) is 0 Å². The molecule has 0 spiro atoms. The lowest BCUT2D eigenvalue weighted by atomic mass is 10.2. The molecular formula is C13H23BrO4. The Balaban J connectivity index is 4.10. The second-order valence-electron chi connectivity index (χ2n) is 5.16. The number of esters is 2. The van der Waals surface area contributed by atoms with Crippen molar-refractivity contribution in [3.05, 3.63) is 0 Å². The average Bonchev–Trinajstić information content (AvgIpc) is 2.22. The topological polar surface area (TPSA) is 52.6 Å². The number of hydrogen-bond acceptors (Lipinski definition) is 4. The maximum absolute atomic E-state index is 11.6. The van der Waals surface area contributed by atoms with Crippen molar-refractivity contribution in [3.63, 3.8) is 0 Å². The molecule has 1 unspecified atom stereocenters. The number of halogens is 1. The first-order chi connectivity index (χ1) is 8.28. The lowest BCUT2D eigenvalue weighted by molar-refractivity contribution is -0.160. The molecule has 0 amide bonds. The minimum absolute atomic E-state index is 0.0837. The van der Waals surface area contributed by atoms with Gasteiger partial charge in [0, 0.05) is 11.8 Å². The van der Waals surface area contributed by atoms with E-state index in [0.29, 0.717) is 11.8 Å². The van der Waals surface area contributed by atoms with Gasteiger partial charge in [-0.1, -0.05) is 29.3 Å². The highest BCUT2D eigenvalue weighted by Crippen LogP contribution is 2.12. The van der Waals surface area contributed by atoms with Crippen LogP contribution in [0.2, 0.25) is 0 Å². The standard InChI is InChI=1S/C13H23BrO4/c1-5-6-7-11(15)17-10(9-14)8-12(16)18-13(2,3)4/h10H,5-9H2,1-4H3. The lowest BCUT2D eigenvalue weighted by Crippen LogP contribution is -2.29. The van der Waals surface area contributed by atoms with Crippen molar-refractivity contribution < 1.29 is 19.1 Å². The fourth-order valence-corrected chi connectivity index (χ4v) is 1.62. The van der Waals surface area contributed by atoms with E-state index in [1.54, 1.807) is 20.8 Å². The normalized spacial score (nSPS) is 12.9. The Morgan fingerprint density at radius 1 is 1.22 bits per heavy atom. The fourth-order valence-electron chi connectivity index (χ4n) is 1.26. The summed E-state index contributed by atoms with van der Waals surface area (Å²) in [6.45, 7) is 7.43. The van der Waals surface area contributed by atoms with Crippen LogP contribution in [0.15, 0.2) is 0 Å². The highest BCUT2D eigenvalue weighted by Gasteiger charge is 2.22. The van der Waals surface area contributed by atoms with E-state index in [0.717, 1.165) is 12.8 Å². The van der Waals surface area contributed by atoms with Crippen LogP contribution in [-0.2, 0) is 19.1 Å². The number of carbonyl (C=O) groups excluding carboxylic acids is 2. The summed E-state index contributed by atoms with van der Waals surface area (Å²) < 4.78 is 10.4. The molecule has 1 atom stereocenters. The molecule has 5 heteroatoms. The van der Waals surface area contributed by atoms with Gasteiger partial charge in [0.15, 0.2) is 0 Å². The number of carbonyl (C=O) groups is 2. The first-order valence-corrected chi connectivity index (χ1v) is 7.38. The largest absolute Gasteiger partial charge is 0.461 e. The van der Waals surface area contributed by atoms with Crippen LogP contribution >= 0.6 is 15.9 Å². The maximum atomic E-state index is 11.6. The van der Waals surface area contributed by atoms with Crippen LogP contribution in [0.3, 0.4) is 0 Å². The van der Waals surface area contributed by atoms with Crippen molar-refractivity contribution >= 4 is 27.9 Å². The van der Waals surface area contributed by atoms with Crippen LogP contribution in [0.5, 0.6) is 0 Å². The third-order valence-electron chi connectivity index (χ3n) is 2.02. The summed E-state index contributed by atoms with van der Waals surface area (Å²) in [6.07, 6.45) is 1.78. The molecule has 0 aliphatic rings. The summed E-state index contributed by atoms with van der Waals surface area (Å²) in [5, 5.41) is 0.435. The van der Waals surface area contributed by atoms with Crippen LogP contribution in [0.25, 0.3) is 0 Å².